The lowest BCUT2D eigenvalue weighted by Crippen LogP contribution is -2.34. The molecule has 1 saturated carbocycles. The first-order chi connectivity index (χ1) is 14.3. The van der Waals surface area contributed by atoms with E-state index in [1.165, 1.54) is 24.1 Å². The quantitative estimate of drug-likeness (QED) is 0.787. The number of carbonyl (C=O) groups is 1. The van der Waals surface area contributed by atoms with Crippen molar-refractivity contribution in [2.45, 2.75) is 50.4 Å². The first-order valence-corrected chi connectivity index (χ1v) is 9.83. The Hall–Kier alpha value is -2.62. The summed E-state index contributed by atoms with van der Waals surface area (Å²) >= 11 is 0. The molecule has 2 aliphatic rings. The predicted octanol–water partition coefficient (Wildman–Crippen LogP) is 3.63. The third-order valence-corrected chi connectivity index (χ3v) is 5.24. The SMILES string of the molecule is COc1cccc(CN2CCC(n3cc(C4CC4)nn3)CC2)c1.O=C(O)C(F)(F)F. The molecule has 10 heteroatoms. The third-order valence-electron chi connectivity index (χ3n) is 5.24. The lowest BCUT2D eigenvalue weighted by atomic mass is 10.0. The van der Waals surface area contributed by atoms with Crippen molar-refractivity contribution in [2.75, 3.05) is 20.2 Å². The van der Waals surface area contributed by atoms with Crippen molar-refractivity contribution in [1.82, 2.24) is 19.9 Å². The van der Waals surface area contributed by atoms with E-state index in [0.29, 0.717) is 12.0 Å². The number of nitrogens with zero attached hydrogens (tertiary/aromatic N) is 4. The van der Waals surface area contributed by atoms with Crippen molar-refractivity contribution >= 4 is 5.97 Å². The van der Waals surface area contributed by atoms with Crippen LogP contribution in [0.5, 0.6) is 5.75 Å². The van der Waals surface area contributed by atoms with Gasteiger partial charge in [0.2, 0.25) is 0 Å². The molecule has 0 spiro atoms. The second-order valence-electron chi connectivity index (χ2n) is 7.56. The number of piperidine rings is 1. The molecule has 0 bridgehead atoms. The van der Waals surface area contributed by atoms with Gasteiger partial charge in [0.1, 0.15) is 5.75 Å². The van der Waals surface area contributed by atoms with Crippen LogP contribution in [0.15, 0.2) is 30.5 Å². The molecule has 4 rings (SSSR count). The Morgan fingerprint density at radius 1 is 1.23 bits per heavy atom. The van der Waals surface area contributed by atoms with E-state index in [1.807, 2.05) is 6.07 Å². The average molecular weight is 426 g/mol. The van der Waals surface area contributed by atoms with Crippen LogP contribution in [-0.2, 0) is 11.3 Å². The van der Waals surface area contributed by atoms with E-state index in [2.05, 4.69) is 44.3 Å². The maximum atomic E-state index is 10.6. The Balaban J connectivity index is 0.000000318. The van der Waals surface area contributed by atoms with Crippen LogP contribution in [0.1, 0.15) is 48.9 Å². The molecule has 0 amide bonds. The van der Waals surface area contributed by atoms with E-state index >= 15 is 0 Å². The van der Waals surface area contributed by atoms with E-state index in [4.69, 9.17) is 14.6 Å². The molecular weight excluding hydrogens is 401 g/mol. The summed E-state index contributed by atoms with van der Waals surface area (Å²) in [4.78, 5) is 11.4. The summed E-state index contributed by atoms with van der Waals surface area (Å²) in [6.45, 7) is 3.22. The number of likely N-dealkylation sites (tertiary alicyclic amines) is 1. The average Bonchev–Trinajstić information content (AvgIpc) is 3.45. The smallest absolute Gasteiger partial charge is 0.490 e. The van der Waals surface area contributed by atoms with Crippen LogP contribution >= 0.6 is 0 Å². The molecule has 1 aromatic carbocycles. The number of rotatable bonds is 5. The Kier molecular flexibility index (Phi) is 6.96. The van der Waals surface area contributed by atoms with Gasteiger partial charge < -0.3 is 9.84 Å². The van der Waals surface area contributed by atoms with Crippen LogP contribution in [0.4, 0.5) is 13.2 Å². The van der Waals surface area contributed by atoms with Crippen LogP contribution in [0.3, 0.4) is 0 Å². The fourth-order valence-corrected chi connectivity index (χ4v) is 3.41. The number of ether oxygens (including phenoxy) is 1. The fraction of sp³-hybridized carbons (Fsp3) is 0.550. The summed E-state index contributed by atoms with van der Waals surface area (Å²) in [5, 5.41) is 15.8. The highest BCUT2D eigenvalue weighted by Gasteiger charge is 2.38. The number of aliphatic carboxylic acids is 1. The molecule has 0 unspecified atom stereocenters. The van der Waals surface area contributed by atoms with Gasteiger partial charge in [0.05, 0.1) is 18.8 Å². The molecule has 1 N–H and O–H groups in total. The van der Waals surface area contributed by atoms with E-state index in [9.17, 15) is 13.2 Å². The molecule has 164 valence electrons. The van der Waals surface area contributed by atoms with Gasteiger partial charge in [-0.2, -0.15) is 13.2 Å². The summed E-state index contributed by atoms with van der Waals surface area (Å²) in [6.07, 6.45) is 1.98. The summed E-state index contributed by atoms with van der Waals surface area (Å²) in [6, 6.07) is 8.88. The Morgan fingerprint density at radius 3 is 2.47 bits per heavy atom. The molecule has 1 saturated heterocycles. The minimum absolute atomic E-state index is 0.511. The second-order valence-corrected chi connectivity index (χ2v) is 7.56. The fourth-order valence-electron chi connectivity index (χ4n) is 3.41. The number of hydrogen-bond acceptors (Lipinski definition) is 5. The van der Waals surface area contributed by atoms with Crippen molar-refractivity contribution in [3.05, 3.63) is 41.7 Å². The van der Waals surface area contributed by atoms with E-state index in [0.717, 1.165) is 38.2 Å². The Bertz CT molecular complexity index is 844. The standard InChI is InChI=1S/C18H24N4O.C2HF3O2/c1-23-17-4-2-3-14(11-17)12-21-9-7-16(8-10-21)22-13-18(19-20-22)15-5-6-15;3-2(4,5)1(6)7/h2-4,11,13,15-16H,5-10,12H2,1H3;(H,6,7). The molecule has 1 aliphatic carbocycles. The zero-order valence-electron chi connectivity index (χ0n) is 16.7. The molecular formula is C20H25F3N4O3. The molecule has 2 fully saturated rings. The number of carboxylic acid groups (broad SMARTS) is 1. The van der Waals surface area contributed by atoms with Gasteiger partial charge in [0.25, 0.3) is 0 Å². The van der Waals surface area contributed by atoms with Gasteiger partial charge >= 0.3 is 12.1 Å². The number of hydrogen-bond donors (Lipinski definition) is 1. The van der Waals surface area contributed by atoms with Gasteiger partial charge in [-0.05, 0) is 43.4 Å². The first-order valence-electron chi connectivity index (χ1n) is 9.83. The lowest BCUT2D eigenvalue weighted by Gasteiger charge is -2.31. The Labute approximate surface area is 172 Å². The van der Waals surface area contributed by atoms with Crippen molar-refractivity contribution < 1.29 is 27.8 Å². The van der Waals surface area contributed by atoms with E-state index < -0.39 is 12.1 Å². The van der Waals surface area contributed by atoms with Gasteiger partial charge in [0, 0.05) is 31.7 Å². The van der Waals surface area contributed by atoms with Gasteiger partial charge in [0.15, 0.2) is 0 Å². The molecule has 2 aromatic rings. The maximum Gasteiger partial charge on any atom is 0.490 e. The molecule has 0 radical (unpaired) electrons. The monoisotopic (exact) mass is 426 g/mol. The largest absolute Gasteiger partial charge is 0.497 e. The molecule has 2 heterocycles. The number of aromatic nitrogens is 3. The van der Waals surface area contributed by atoms with Crippen molar-refractivity contribution in [3.63, 3.8) is 0 Å². The summed E-state index contributed by atoms with van der Waals surface area (Å²) in [7, 11) is 1.72. The molecule has 0 atom stereocenters. The summed E-state index contributed by atoms with van der Waals surface area (Å²) < 4.78 is 39.2. The van der Waals surface area contributed by atoms with E-state index in [-0.39, 0.29) is 0 Å². The zero-order valence-corrected chi connectivity index (χ0v) is 16.7. The minimum Gasteiger partial charge on any atom is -0.497 e. The second kappa shape index (κ2) is 9.46. The molecule has 7 nitrogen and oxygen atoms in total. The number of methoxy groups -OCH3 is 1. The first kappa shape index (κ1) is 22.1. The van der Waals surface area contributed by atoms with Crippen molar-refractivity contribution in [3.8, 4) is 5.75 Å². The van der Waals surface area contributed by atoms with E-state index in [1.54, 1.807) is 7.11 Å². The summed E-state index contributed by atoms with van der Waals surface area (Å²) in [5.41, 5.74) is 2.52. The number of benzene rings is 1. The van der Waals surface area contributed by atoms with Gasteiger partial charge in [-0.1, -0.05) is 17.3 Å². The molecule has 1 aromatic heterocycles. The topological polar surface area (TPSA) is 80.5 Å². The number of alkyl halides is 3. The van der Waals surface area contributed by atoms with Gasteiger partial charge in [-0.25, -0.2) is 9.48 Å². The third kappa shape index (κ3) is 6.19. The van der Waals surface area contributed by atoms with Crippen molar-refractivity contribution in [2.24, 2.45) is 0 Å². The van der Waals surface area contributed by atoms with Crippen LogP contribution in [0, 0.1) is 0 Å². The van der Waals surface area contributed by atoms with Gasteiger partial charge in [-0.3, -0.25) is 4.90 Å². The van der Waals surface area contributed by atoms with Gasteiger partial charge in [-0.15, -0.1) is 5.10 Å². The van der Waals surface area contributed by atoms with Crippen LogP contribution in [0.2, 0.25) is 0 Å². The summed E-state index contributed by atoms with van der Waals surface area (Å²) in [5.74, 6) is -1.13. The lowest BCUT2D eigenvalue weighted by molar-refractivity contribution is -0.192. The minimum atomic E-state index is -5.08. The van der Waals surface area contributed by atoms with Crippen molar-refractivity contribution in [1.29, 1.82) is 0 Å². The highest BCUT2D eigenvalue weighted by atomic mass is 19.4. The number of halogens is 3. The van der Waals surface area contributed by atoms with Crippen LogP contribution in [-0.4, -0.2) is 57.3 Å². The molecule has 1 aliphatic heterocycles. The predicted molar refractivity (Wildman–Crippen MR) is 102 cm³/mol. The highest BCUT2D eigenvalue weighted by molar-refractivity contribution is 5.73. The normalized spacial score (nSPS) is 17.9. The number of carboxylic acids is 1. The zero-order chi connectivity index (χ0) is 21.7. The molecule has 30 heavy (non-hydrogen) atoms. The van der Waals surface area contributed by atoms with Crippen LogP contribution in [0.25, 0.3) is 0 Å². The highest BCUT2D eigenvalue weighted by Crippen LogP contribution is 2.39. The van der Waals surface area contributed by atoms with Crippen LogP contribution < -0.4 is 4.74 Å². The maximum absolute atomic E-state index is 10.6. The Morgan fingerprint density at radius 2 is 1.90 bits per heavy atom.